The van der Waals surface area contributed by atoms with Crippen LogP contribution in [0.4, 0.5) is 5.00 Å². The van der Waals surface area contributed by atoms with Crippen molar-refractivity contribution in [2.75, 3.05) is 25.5 Å². The van der Waals surface area contributed by atoms with Gasteiger partial charge in [-0.2, -0.15) is 0 Å². The Hall–Kier alpha value is -2.67. The van der Waals surface area contributed by atoms with E-state index in [1.807, 2.05) is 44.2 Å². The first-order valence-corrected chi connectivity index (χ1v) is 9.59. The molecule has 144 valence electrons. The number of thiophene rings is 1. The molecule has 2 aromatic rings. The normalized spacial score (nSPS) is 10.4. The molecule has 0 atom stereocenters. The standard InChI is InChI=1S/C20H24N2O4S/c1-5-22(6-2)19(24)17-13(3)16(20(25)26-4)18(27-17)21-15(23)12-14-10-8-7-9-11-14/h7-11H,5-6,12H2,1-4H3,(H,21,23). The van der Waals surface area contributed by atoms with Crippen LogP contribution in [0.1, 0.15) is 45.0 Å². The zero-order valence-corrected chi connectivity index (χ0v) is 16.8. The predicted molar refractivity (Wildman–Crippen MR) is 106 cm³/mol. The van der Waals surface area contributed by atoms with E-state index >= 15 is 0 Å². The molecule has 0 aliphatic rings. The molecule has 0 spiro atoms. The van der Waals surface area contributed by atoms with Crippen molar-refractivity contribution in [3.05, 3.63) is 51.9 Å². The summed E-state index contributed by atoms with van der Waals surface area (Å²) in [7, 11) is 1.28. The number of esters is 1. The SMILES string of the molecule is CCN(CC)C(=O)c1sc(NC(=O)Cc2ccccc2)c(C(=O)OC)c1C. The van der Waals surface area contributed by atoms with E-state index in [4.69, 9.17) is 4.74 Å². The molecule has 1 aromatic heterocycles. The van der Waals surface area contributed by atoms with Gasteiger partial charge in [-0.15, -0.1) is 11.3 Å². The molecule has 0 saturated heterocycles. The van der Waals surface area contributed by atoms with E-state index in [1.165, 1.54) is 7.11 Å². The highest BCUT2D eigenvalue weighted by molar-refractivity contribution is 7.18. The second-order valence-electron chi connectivity index (χ2n) is 5.94. The Labute approximate surface area is 163 Å². The van der Waals surface area contributed by atoms with E-state index in [9.17, 15) is 14.4 Å². The van der Waals surface area contributed by atoms with Crippen LogP contribution >= 0.6 is 11.3 Å². The van der Waals surface area contributed by atoms with Crippen LogP contribution in [-0.2, 0) is 16.0 Å². The number of ether oxygens (including phenoxy) is 1. The maximum atomic E-state index is 12.8. The van der Waals surface area contributed by atoms with E-state index in [-0.39, 0.29) is 23.8 Å². The van der Waals surface area contributed by atoms with E-state index in [0.29, 0.717) is 28.5 Å². The zero-order valence-electron chi connectivity index (χ0n) is 16.0. The molecule has 0 bridgehead atoms. The average molecular weight is 388 g/mol. The Kier molecular flexibility index (Phi) is 7.12. The summed E-state index contributed by atoms with van der Waals surface area (Å²) in [5, 5.41) is 3.12. The molecule has 0 saturated carbocycles. The molecule has 7 heteroatoms. The fraction of sp³-hybridized carbons (Fsp3) is 0.350. The number of benzene rings is 1. The van der Waals surface area contributed by atoms with Crippen LogP contribution in [0.15, 0.2) is 30.3 Å². The summed E-state index contributed by atoms with van der Waals surface area (Å²) >= 11 is 1.11. The Morgan fingerprint density at radius 2 is 1.74 bits per heavy atom. The van der Waals surface area contributed by atoms with Crippen molar-refractivity contribution < 1.29 is 19.1 Å². The van der Waals surface area contributed by atoms with E-state index in [0.717, 1.165) is 16.9 Å². The molecular formula is C20H24N2O4S. The molecule has 2 amide bonds. The van der Waals surface area contributed by atoms with Gasteiger partial charge in [0.1, 0.15) is 5.00 Å². The summed E-state index contributed by atoms with van der Waals surface area (Å²) in [6, 6.07) is 9.31. The predicted octanol–water partition coefficient (Wildman–Crippen LogP) is 3.51. The molecule has 1 heterocycles. The molecule has 0 radical (unpaired) electrons. The first-order chi connectivity index (χ1) is 12.9. The third kappa shape index (κ3) is 4.74. The van der Waals surface area contributed by atoms with Gasteiger partial charge in [0, 0.05) is 13.1 Å². The molecule has 0 aliphatic heterocycles. The van der Waals surface area contributed by atoms with Crippen molar-refractivity contribution in [1.82, 2.24) is 4.90 Å². The van der Waals surface area contributed by atoms with Crippen LogP contribution in [0.3, 0.4) is 0 Å². The second-order valence-corrected chi connectivity index (χ2v) is 6.96. The summed E-state index contributed by atoms with van der Waals surface area (Å²) in [6.07, 6.45) is 0.178. The summed E-state index contributed by atoms with van der Waals surface area (Å²) < 4.78 is 4.86. The molecule has 2 rings (SSSR count). The van der Waals surface area contributed by atoms with E-state index in [2.05, 4.69) is 5.32 Å². The number of carbonyl (C=O) groups excluding carboxylic acids is 3. The number of hydrogen-bond acceptors (Lipinski definition) is 5. The van der Waals surface area contributed by atoms with Gasteiger partial charge in [0.25, 0.3) is 5.91 Å². The maximum absolute atomic E-state index is 12.8. The van der Waals surface area contributed by atoms with Crippen LogP contribution in [0.5, 0.6) is 0 Å². The van der Waals surface area contributed by atoms with Gasteiger partial charge in [-0.3, -0.25) is 9.59 Å². The zero-order chi connectivity index (χ0) is 20.0. The lowest BCUT2D eigenvalue weighted by Crippen LogP contribution is -2.30. The second kappa shape index (κ2) is 9.32. The first-order valence-electron chi connectivity index (χ1n) is 8.77. The number of hydrogen-bond donors (Lipinski definition) is 1. The van der Waals surface area contributed by atoms with Crippen LogP contribution in [-0.4, -0.2) is 42.9 Å². The molecule has 0 fully saturated rings. The lowest BCUT2D eigenvalue weighted by atomic mass is 10.1. The van der Waals surface area contributed by atoms with Crippen molar-refractivity contribution in [3.8, 4) is 0 Å². The van der Waals surface area contributed by atoms with Gasteiger partial charge in [0.05, 0.1) is 24.0 Å². The number of amides is 2. The summed E-state index contributed by atoms with van der Waals surface area (Å²) in [4.78, 5) is 39.5. The lowest BCUT2D eigenvalue weighted by Gasteiger charge is -2.17. The molecule has 0 aliphatic carbocycles. The fourth-order valence-corrected chi connectivity index (χ4v) is 3.94. The fourth-order valence-electron chi connectivity index (χ4n) is 2.76. The van der Waals surface area contributed by atoms with E-state index in [1.54, 1.807) is 11.8 Å². The smallest absolute Gasteiger partial charge is 0.341 e. The van der Waals surface area contributed by atoms with Gasteiger partial charge in [-0.05, 0) is 31.9 Å². The van der Waals surface area contributed by atoms with Crippen LogP contribution < -0.4 is 5.32 Å². The molecule has 27 heavy (non-hydrogen) atoms. The summed E-state index contributed by atoms with van der Waals surface area (Å²) in [5.74, 6) is -0.983. The van der Waals surface area contributed by atoms with Crippen LogP contribution in [0.2, 0.25) is 0 Å². The van der Waals surface area contributed by atoms with Crippen LogP contribution in [0, 0.1) is 6.92 Å². The Balaban J connectivity index is 2.34. The largest absolute Gasteiger partial charge is 0.465 e. The highest BCUT2D eigenvalue weighted by Gasteiger charge is 2.27. The molecule has 1 N–H and O–H groups in total. The van der Waals surface area contributed by atoms with Crippen molar-refractivity contribution in [2.24, 2.45) is 0 Å². The maximum Gasteiger partial charge on any atom is 0.341 e. The minimum atomic E-state index is -0.572. The first kappa shape index (κ1) is 20.6. The summed E-state index contributed by atoms with van der Waals surface area (Å²) in [6.45, 7) is 6.63. The van der Waals surface area contributed by atoms with E-state index < -0.39 is 5.97 Å². The third-order valence-electron chi connectivity index (χ3n) is 4.24. The topological polar surface area (TPSA) is 75.7 Å². The van der Waals surface area contributed by atoms with Crippen molar-refractivity contribution in [2.45, 2.75) is 27.2 Å². The molecule has 6 nitrogen and oxygen atoms in total. The Bertz CT molecular complexity index is 826. The van der Waals surface area contributed by atoms with Gasteiger partial charge in [-0.25, -0.2) is 4.79 Å². The van der Waals surface area contributed by atoms with Gasteiger partial charge >= 0.3 is 5.97 Å². The summed E-state index contributed by atoms with van der Waals surface area (Å²) in [5.41, 5.74) is 1.63. The van der Waals surface area contributed by atoms with Crippen molar-refractivity contribution in [3.63, 3.8) is 0 Å². The minimum Gasteiger partial charge on any atom is -0.465 e. The Morgan fingerprint density at radius 3 is 2.30 bits per heavy atom. The van der Waals surface area contributed by atoms with Crippen molar-refractivity contribution in [1.29, 1.82) is 0 Å². The Morgan fingerprint density at radius 1 is 1.11 bits per heavy atom. The average Bonchev–Trinajstić information content (AvgIpc) is 2.98. The number of nitrogens with zero attached hydrogens (tertiary/aromatic N) is 1. The highest BCUT2D eigenvalue weighted by atomic mass is 32.1. The lowest BCUT2D eigenvalue weighted by molar-refractivity contribution is -0.115. The number of anilines is 1. The monoisotopic (exact) mass is 388 g/mol. The number of methoxy groups -OCH3 is 1. The molecular weight excluding hydrogens is 364 g/mol. The van der Waals surface area contributed by atoms with Gasteiger partial charge in [0.15, 0.2) is 0 Å². The van der Waals surface area contributed by atoms with Gasteiger partial charge in [-0.1, -0.05) is 30.3 Å². The van der Waals surface area contributed by atoms with Crippen LogP contribution in [0.25, 0.3) is 0 Å². The quantitative estimate of drug-likeness (QED) is 0.737. The minimum absolute atomic E-state index is 0.156. The highest BCUT2D eigenvalue weighted by Crippen LogP contribution is 2.34. The van der Waals surface area contributed by atoms with Crippen molar-refractivity contribution >= 4 is 34.1 Å². The molecule has 1 aromatic carbocycles. The number of nitrogens with one attached hydrogen (secondary N) is 1. The molecule has 0 unspecified atom stereocenters. The number of carbonyl (C=O) groups is 3. The number of rotatable bonds is 7. The third-order valence-corrected chi connectivity index (χ3v) is 5.44. The van der Waals surface area contributed by atoms with Gasteiger partial charge in [0.2, 0.25) is 5.91 Å². The van der Waals surface area contributed by atoms with Gasteiger partial charge < -0.3 is 15.0 Å².